The third-order valence-corrected chi connectivity index (χ3v) is 4.54. The van der Waals surface area contributed by atoms with Gasteiger partial charge >= 0.3 is 11.9 Å². The molecule has 0 heterocycles. The van der Waals surface area contributed by atoms with Gasteiger partial charge in [-0.1, -0.05) is 36.4 Å². The zero-order valence-corrected chi connectivity index (χ0v) is 15.1. The van der Waals surface area contributed by atoms with Gasteiger partial charge in [0.15, 0.2) is 0 Å². The van der Waals surface area contributed by atoms with Gasteiger partial charge in [-0.2, -0.15) is 0 Å². The van der Waals surface area contributed by atoms with Gasteiger partial charge in [-0.05, 0) is 37.1 Å². The summed E-state index contributed by atoms with van der Waals surface area (Å²) in [5.41, 5.74) is 6.90. The predicted molar refractivity (Wildman–Crippen MR) is 99.3 cm³/mol. The minimum absolute atomic E-state index is 0.0684. The first kappa shape index (κ1) is 21.3. The second-order valence-corrected chi connectivity index (χ2v) is 6.83. The molecule has 0 saturated carbocycles. The number of benzene rings is 2. The Hall–Kier alpha value is -2.77. The Bertz CT molecular complexity index is 772. The fourth-order valence-electron chi connectivity index (χ4n) is 2.01. The van der Waals surface area contributed by atoms with Crippen LogP contribution in [0.3, 0.4) is 0 Å². The fourth-order valence-corrected chi connectivity index (χ4v) is 3.26. The monoisotopic (exact) mass is 375 g/mol. The lowest BCUT2D eigenvalue weighted by atomic mass is 10.1. The van der Waals surface area contributed by atoms with Gasteiger partial charge < -0.3 is 15.9 Å². The summed E-state index contributed by atoms with van der Waals surface area (Å²) in [5.74, 6) is -2.51. The maximum atomic E-state index is 12.5. The highest BCUT2D eigenvalue weighted by atomic mass is 32.2. The number of aliphatic carboxylic acids is 2. The highest BCUT2D eigenvalue weighted by Gasteiger charge is 2.12. The Morgan fingerprint density at radius 2 is 1.50 bits per heavy atom. The van der Waals surface area contributed by atoms with Crippen LogP contribution in [0, 0.1) is 0 Å². The van der Waals surface area contributed by atoms with E-state index in [1.54, 1.807) is 0 Å². The van der Waals surface area contributed by atoms with Crippen molar-refractivity contribution >= 4 is 22.7 Å². The van der Waals surface area contributed by atoms with Crippen molar-refractivity contribution in [3.63, 3.8) is 0 Å². The third-order valence-electron chi connectivity index (χ3n) is 3.04. The highest BCUT2D eigenvalue weighted by molar-refractivity contribution is 7.85. The molecule has 7 heteroatoms. The first-order chi connectivity index (χ1) is 12.3. The summed E-state index contributed by atoms with van der Waals surface area (Å²) in [6.45, 7) is 1.96. The fraction of sp³-hybridized carbons (Fsp3) is 0.158. The smallest absolute Gasteiger partial charge is 0.328 e. The van der Waals surface area contributed by atoms with Crippen LogP contribution in [0.15, 0.2) is 76.5 Å². The van der Waals surface area contributed by atoms with Crippen LogP contribution in [-0.2, 0) is 26.8 Å². The van der Waals surface area contributed by atoms with Gasteiger partial charge in [0.25, 0.3) is 0 Å². The molecule has 0 fully saturated rings. The minimum Gasteiger partial charge on any atom is -0.478 e. The molecular weight excluding hydrogens is 354 g/mol. The summed E-state index contributed by atoms with van der Waals surface area (Å²) >= 11 is 0. The van der Waals surface area contributed by atoms with E-state index in [9.17, 15) is 13.8 Å². The van der Waals surface area contributed by atoms with Gasteiger partial charge in [0, 0.05) is 28.0 Å². The van der Waals surface area contributed by atoms with Crippen LogP contribution in [0.25, 0.3) is 0 Å². The molecule has 4 N–H and O–H groups in total. The SMILES string of the molecule is CC(N)Cc1ccccc1S(=O)c1ccccc1.O=C(O)/C=C/C(=O)O. The zero-order chi connectivity index (χ0) is 19.5. The van der Waals surface area contributed by atoms with Crippen molar-refractivity contribution in [1.29, 1.82) is 0 Å². The molecule has 0 aliphatic heterocycles. The number of rotatable bonds is 6. The second kappa shape index (κ2) is 11.0. The Morgan fingerprint density at radius 3 is 2.00 bits per heavy atom. The van der Waals surface area contributed by atoms with Crippen LogP contribution in [-0.4, -0.2) is 32.4 Å². The third kappa shape index (κ3) is 7.87. The Balaban J connectivity index is 0.000000359. The molecule has 2 atom stereocenters. The molecular formula is C19H21NO5S. The normalized spacial score (nSPS) is 12.7. The first-order valence-electron chi connectivity index (χ1n) is 7.75. The van der Waals surface area contributed by atoms with E-state index < -0.39 is 22.7 Å². The van der Waals surface area contributed by atoms with E-state index >= 15 is 0 Å². The highest BCUT2D eigenvalue weighted by Crippen LogP contribution is 2.20. The Labute approximate surface area is 154 Å². The van der Waals surface area contributed by atoms with Crippen molar-refractivity contribution in [2.75, 3.05) is 0 Å². The van der Waals surface area contributed by atoms with Crippen molar-refractivity contribution < 1.29 is 24.0 Å². The van der Waals surface area contributed by atoms with E-state index in [0.717, 1.165) is 21.8 Å². The van der Waals surface area contributed by atoms with Gasteiger partial charge in [-0.3, -0.25) is 0 Å². The zero-order valence-electron chi connectivity index (χ0n) is 14.2. The summed E-state index contributed by atoms with van der Waals surface area (Å²) in [6, 6.07) is 17.4. The molecule has 0 aliphatic carbocycles. The number of hydrogen-bond donors (Lipinski definition) is 3. The molecule has 0 aromatic heterocycles. The molecule has 0 aliphatic rings. The number of carboxylic acid groups (broad SMARTS) is 2. The predicted octanol–water partition coefficient (Wildman–Crippen LogP) is 2.45. The Kier molecular flexibility index (Phi) is 8.97. The molecule has 2 aromatic carbocycles. The number of hydrogen-bond acceptors (Lipinski definition) is 4. The molecule has 2 rings (SSSR count). The van der Waals surface area contributed by atoms with Gasteiger partial charge in [0.1, 0.15) is 0 Å². The average molecular weight is 375 g/mol. The van der Waals surface area contributed by atoms with E-state index in [2.05, 4.69) is 0 Å². The maximum absolute atomic E-state index is 12.5. The van der Waals surface area contributed by atoms with Gasteiger partial charge in [0.05, 0.1) is 10.8 Å². The van der Waals surface area contributed by atoms with Crippen molar-refractivity contribution in [3.8, 4) is 0 Å². The minimum atomic E-state index is -1.26. The average Bonchev–Trinajstić information content (AvgIpc) is 2.61. The molecule has 0 spiro atoms. The van der Waals surface area contributed by atoms with Crippen LogP contribution < -0.4 is 5.73 Å². The molecule has 0 radical (unpaired) electrons. The second-order valence-electron chi connectivity index (χ2n) is 5.38. The van der Waals surface area contributed by atoms with E-state index in [-0.39, 0.29) is 6.04 Å². The van der Waals surface area contributed by atoms with Crippen LogP contribution >= 0.6 is 0 Å². The number of carbonyl (C=O) groups is 2. The van der Waals surface area contributed by atoms with E-state index in [1.807, 2.05) is 61.5 Å². The molecule has 6 nitrogen and oxygen atoms in total. The van der Waals surface area contributed by atoms with Crippen molar-refractivity contribution in [1.82, 2.24) is 0 Å². The molecule has 0 bridgehead atoms. The van der Waals surface area contributed by atoms with Gasteiger partial charge in [0.2, 0.25) is 0 Å². The molecule has 0 saturated heterocycles. The summed E-state index contributed by atoms with van der Waals surface area (Å²) in [6.07, 6.45) is 1.86. The van der Waals surface area contributed by atoms with Crippen LogP contribution in [0.4, 0.5) is 0 Å². The maximum Gasteiger partial charge on any atom is 0.328 e. The summed E-state index contributed by atoms with van der Waals surface area (Å²) in [4.78, 5) is 20.8. The largest absolute Gasteiger partial charge is 0.478 e. The topological polar surface area (TPSA) is 118 Å². The molecule has 26 heavy (non-hydrogen) atoms. The lowest BCUT2D eigenvalue weighted by molar-refractivity contribution is -0.134. The molecule has 138 valence electrons. The van der Waals surface area contributed by atoms with Crippen LogP contribution in [0.2, 0.25) is 0 Å². The lowest BCUT2D eigenvalue weighted by Gasteiger charge is -2.11. The standard InChI is InChI=1S/C15H17NOS.C4H4O4/c1-12(16)11-13-7-5-6-10-15(13)18(17)14-8-3-2-4-9-14;5-3(6)1-2-4(7)8/h2-10,12H,11,16H2,1H3;1-2H,(H,5,6)(H,7,8)/b;2-1+. The number of nitrogens with two attached hydrogens (primary N) is 1. The number of carboxylic acids is 2. The van der Waals surface area contributed by atoms with E-state index in [1.165, 1.54) is 0 Å². The quantitative estimate of drug-likeness (QED) is 0.668. The van der Waals surface area contributed by atoms with Crippen LogP contribution in [0.5, 0.6) is 0 Å². The molecule has 2 unspecified atom stereocenters. The Morgan fingerprint density at radius 1 is 1.00 bits per heavy atom. The van der Waals surface area contributed by atoms with Crippen LogP contribution in [0.1, 0.15) is 12.5 Å². The molecule has 0 amide bonds. The lowest BCUT2D eigenvalue weighted by Crippen LogP contribution is -2.18. The van der Waals surface area contributed by atoms with E-state index in [0.29, 0.717) is 12.2 Å². The molecule has 2 aromatic rings. The summed E-state index contributed by atoms with van der Waals surface area (Å²) in [7, 11) is -1.13. The first-order valence-corrected chi connectivity index (χ1v) is 8.90. The van der Waals surface area contributed by atoms with Crippen molar-refractivity contribution in [2.24, 2.45) is 5.73 Å². The van der Waals surface area contributed by atoms with E-state index in [4.69, 9.17) is 15.9 Å². The van der Waals surface area contributed by atoms with Crippen molar-refractivity contribution in [3.05, 3.63) is 72.3 Å². The van der Waals surface area contributed by atoms with Crippen molar-refractivity contribution in [2.45, 2.75) is 29.2 Å². The summed E-state index contributed by atoms with van der Waals surface area (Å²) in [5, 5.41) is 15.6. The van der Waals surface area contributed by atoms with Gasteiger partial charge in [-0.25, -0.2) is 13.8 Å². The van der Waals surface area contributed by atoms with Gasteiger partial charge in [-0.15, -0.1) is 0 Å². The summed E-state index contributed by atoms with van der Waals surface area (Å²) < 4.78 is 12.5.